The van der Waals surface area contributed by atoms with Gasteiger partial charge in [-0.15, -0.1) is 11.8 Å². The van der Waals surface area contributed by atoms with Crippen LogP contribution >= 0.6 is 11.8 Å². The molecule has 0 fully saturated rings. The molecule has 0 aliphatic carbocycles. The lowest BCUT2D eigenvalue weighted by atomic mass is 10.3. The number of hydrogen-bond acceptors (Lipinski definition) is 4. The molecule has 0 bridgehead atoms. The van der Waals surface area contributed by atoms with Gasteiger partial charge in [0, 0.05) is 24.3 Å². The van der Waals surface area contributed by atoms with E-state index in [-0.39, 0.29) is 11.9 Å². The summed E-state index contributed by atoms with van der Waals surface area (Å²) in [6.45, 7) is 0.529. The molecule has 14 heavy (non-hydrogen) atoms. The molecular formula is C10H15NO2S. The maximum Gasteiger partial charge on any atom is 0.115 e. The van der Waals surface area contributed by atoms with Gasteiger partial charge in [-0.2, -0.15) is 0 Å². The highest BCUT2D eigenvalue weighted by Gasteiger charge is 2.04. The van der Waals surface area contributed by atoms with Crippen molar-refractivity contribution < 1.29 is 9.84 Å². The highest BCUT2D eigenvalue weighted by atomic mass is 32.2. The molecule has 1 unspecified atom stereocenters. The summed E-state index contributed by atoms with van der Waals surface area (Å²) in [6.07, 6.45) is 0.0915. The zero-order valence-corrected chi connectivity index (χ0v) is 8.96. The summed E-state index contributed by atoms with van der Waals surface area (Å²) in [4.78, 5) is 1.11. The van der Waals surface area contributed by atoms with Gasteiger partial charge in [0.2, 0.25) is 0 Å². The van der Waals surface area contributed by atoms with Crippen LogP contribution in [-0.2, 0) is 4.74 Å². The fourth-order valence-corrected chi connectivity index (χ4v) is 1.94. The van der Waals surface area contributed by atoms with E-state index >= 15 is 0 Å². The third-order valence-electron chi connectivity index (χ3n) is 1.87. The Morgan fingerprint density at radius 3 is 2.57 bits per heavy atom. The zero-order chi connectivity index (χ0) is 10.4. The number of rotatable bonds is 5. The van der Waals surface area contributed by atoms with Gasteiger partial charge in [0.25, 0.3) is 0 Å². The Morgan fingerprint density at radius 2 is 2.07 bits per heavy atom. The van der Waals surface area contributed by atoms with Crippen molar-refractivity contribution in [3.63, 3.8) is 0 Å². The van der Waals surface area contributed by atoms with E-state index in [0.717, 1.165) is 10.6 Å². The maximum absolute atomic E-state index is 9.07. The Balaban J connectivity index is 2.41. The van der Waals surface area contributed by atoms with Gasteiger partial charge in [-0.25, -0.2) is 0 Å². The van der Waals surface area contributed by atoms with Crippen LogP contribution in [0, 0.1) is 0 Å². The predicted molar refractivity (Wildman–Crippen MR) is 58.7 cm³/mol. The van der Waals surface area contributed by atoms with Crippen molar-refractivity contribution >= 4 is 11.8 Å². The molecule has 0 amide bonds. The van der Waals surface area contributed by atoms with Crippen LogP contribution < -0.4 is 5.73 Å². The summed E-state index contributed by atoms with van der Waals surface area (Å²) in [5.41, 5.74) is 5.49. The minimum atomic E-state index is 0.0915. The van der Waals surface area contributed by atoms with Gasteiger partial charge in [-0.1, -0.05) is 0 Å². The summed E-state index contributed by atoms with van der Waals surface area (Å²) in [5, 5.41) is 9.07. The van der Waals surface area contributed by atoms with Gasteiger partial charge < -0.3 is 15.6 Å². The number of thioether (sulfide) groups is 1. The van der Waals surface area contributed by atoms with E-state index in [4.69, 9.17) is 15.6 Å². The fraction of sp³-hybridized carbons (Fsp3) is 0.400. The molecule has 0 saturated heterocycles. The first-order chi connectivity index (χ1) is 6.76. The summed E-state index contributed by atoms with van der Waals surface area (Å²) in [5.74, 6) is 1.12. The number of aromatic hydroxyl groups is 1. The van der Waals surface area contributed by atoms with E-state index in [1.807, 2.05) is 12.1 Å². The maximum atomic E-state index is 9.07. The van der Waals surface area contributed by atoms with Gasteiger partial charge in [0.05, 0.1) is 6.10 Å². The van der Waals surface area contributed by atoms with Crippen LogP contribution in [0.2, 0.25) is 0 Å². The monoisotopic (exact) mass is 213 g/mol. The first-order valence-corrected chi connectivity index (χ1v) is 5.39. The van der Waals surface area contributed by atoms with Crippen molar-refractivity contribution in [3.8, 4) is 5.75 Å². The number of benzene rings is 1. The molecule has 3 nitrogen and oxygen atoms in total. The van der Waals surface area contributed by atoms with Gasteiger partial charge in [-0.3, -0.25) is 0 Å². The Bertz CT molecular complexity index is 259. The highest BCUT2D eigenvalue weighted by molar-refractivity contribution is 7.99. The molecular weight excluding hydrogens is 198 g/mol. The van der Waals surface area contributed by atoms with E-state index in [9.17, 15) is 0 Å². The first kappa shape index (κ1) is 11.4. The predicted octanol–water partition coefficient (Wildman–Crippen LogP) is 1.46. The minimum Gasteiger partial charge on any atom is -0.508 e. The molecule has 3 N–H and O–H groups in total. The summed E-state index contributed by atoms with van der Waals surface area (Å²) in [6, 6.07) is 7.10. The largest absolute Gasteiger partial charge is 0.508 e. The summed E-state index contributed by atoms with van der Waals surface area (Å²) in [7, 11) is 1.66. The molecule has 1 aromatic carbocycles. The number of hydrogen-bond donors (Lipinski definition) is 2. The number of methoxy groups -OCH3 is 1. The van der Waals surface area contributed by atoms with Crippen LogP contribution in [0.1, 0.15) is 0 Å². The molecule has 78 valence electrons. The average molecular weight is 213 g/mol. The molecule has 4 heteroatoms. The van der Waals surface area contributed by atoms with Gasteiger partial charge in [0.1, 0.15) is 5.75 Å². The molecule has 0 saturated carbocycles. The van der Waals surface area contributed by atoms with E-state index in [0.29, 0.717) is 6.54 Å². The third kappa shape index (κ3) is 3.57. The zero-order valence-electron chi connectivity index (χ0n) is 8.14. The Kier molecular flexibility index (Phi) is 4.79. The molecule has 0 aliphatic heterocycles. The van der Waals surface area contributed by atoms with Crippen molar-refractivity contribution in [2.45, 2.75) is 11.0 Å². The number of ether oxygens (including phenoxy) is 1. The van der Waals surface area contributed by atoms with Crippen molar-refractivity contribution in [1.82, 2.24) is 0 Å². The lowest BCUT2D eigenvalue weighted by Gasteiger charge is -2.11. The molecule has 1 atom stereocenters. The van der Waals surface area contributed by atoms with Crippen molar-refractivity contribution in [2.24, 2.45) is 5.73 Å². The van der Waals surface area contributed by atoms with Gasteiger partial charge >= 0.3 is 0 Å². The Hall–Kier alpha value is -0.710. The quantitative estimate of drug-likeness (QED) is 0.727. The number of phenolic OH excluding ortho intramolecular Hbond substituents is 1. The average Bonchev–Trinajstić information content (AvgIpc) is 2.22. The molecule has 1 aromatic rings. The van der Waals surface area contributed by atoms with E-state index < -0.39 is 0 Å². The molecule has 0 aliphatic rings. The molecule has 0 aromatic heterocycles. The lowest BCUT2D eigenvalue weighted by molar-refractivity contribution is 0.129. The van der Waals surface area contributed by atoms with Crippen LogP contribution in [0.15, 0.2) is 29.2 Å². The lowest BCUT2D eigenvalue weighted by Crippen LogP contribution is -2.24. The van der Waals surface area contributed by atoms with Crippen molar-refractivity contribution in [2.75, 3.05) is 19.4 Å². The van der Waals surface area contributed by atoms with E-state index in [1.165, 1.54) is 0 Å². The molecule has 0 spiro atoms. The van der Waals surface area contributed by atoms with Crippen molar-refractivity contribution in [1.29, 1.82) is 0 Å². The van der Waals surface area contributed by atoms with Crippen molar-refractivity contribution in [3.05, 3.63) is 24.3 Å². The number of nitrogens with two attached hydrogens (primary N) is 1. The smallest absolute Gasteiger partial charge is 0.115 e. The Morgan fingerprint density at radius 1 is 1.43 bits per heavy atom. The third-order valence-corrected chi connectivity index (χ3v) is 3.01. The van der Waals surface area contributed by atoms with Gasteiger partial charge in [-0.05, 0) is 24.3 Å². The fourth-order valence-electron chi connectivity index (χ4n) is 0.964. The van der Waals surface area contributed by atoms with Crippen LogP contribution in [-0.4, -0.2) is 30.6 Å². The standard InChI is InChI=1S/C10H15NO2S/c1-13-9(6-11)7-14-10-4-2-8(12)3-5-10/h2-5,9,12H,6-7,11H2,1H3. The normalized spacial score (nSPS) is 12.7. The second-order valence-electron chi connectivity index (χ2n) is 2.90. The van der Waals surface area contributed by atoms with E-state index in [1.54, 1.807) is 31.0 Å². The number of phenols is 1. The van der Waals surface area contributed by atoms with Crippen LogP contribution in [0.5, 0.6) is 5.75 Å². The topological polar surface area (TPSA) is 55.5 Å². The van der Waals surface area contributed by atoms with Crippen LogP contribution in [0.25, 0.3) is 0 Å². The van der Waals surface area contributed by atoms with E-state index in [2.05, 4.69) is 0 Å². The molecule has 1 rings (SSSR count). The molecule has 0 heterocycles. The van der Waals surface area contributed by atoms with Gasteiger partial charge in [0.15, 0.2) is 0 Å². The van der Waals surface area contributed by atoms with Crippen LogP contribution in [0.3, 0.4) is 0 Å². The second kappa shape index (κ2) is 5.90. The SMILES string of the molecule is COC(CN)CSc1ccc(O)cc1. The molecule has 0 radical (unpaired) electrons. The minimum absolute atomic E-state index is 0.0915. The second-order valence-corrected chi connectivity index (χ2v) is 3.99. The van der Waals surface area contributed by atoms with Crippen LogP contribution in [0.4, 0.5) is 0 Å². The summed E-state index contributed by atoms with van der Waals surface area (Å²) < 4.78 is 5.15. The Labute approximate surface area is 88.3 Å². The first-order valence-electron chi connectivity index (χ1n) is 4.41. The highest BCUT2D eigenvalue weighted by Crippen LogP contribution is 2.21. The summed E-state index contributed by atoms with van der Waals surface area (Å²) >= 11 is 1.67.